The maximum absolute atomic E-state index is 12.6. The second-order valence-corrected chi connectivity index (χ2v) is 11.1. The molecule has 2 N–H and O–H groups in total. The van der Waals surface area contributed by atoms with Crippen LogP contribution < -0.4 is 5.32 Å². The third-order valence-electron chi connectivity index (χ3n) is 6.91. The first kappa shape index (κ1) is 20.1. The van der Waals surface area contributed by atoms with Crippen molar-refractivity contribution in [3.8, 4) is 10.7 Å². The predicted octanol–water partition coefficient (Wildman–Crippen LogP) is 3.52. The molecular formula is C21H26N4O3S2. The van der Waals surface area contributed by atoms with Gasteiger partial charge in [0.05, 0.1) is 10.6 Å². The minimum Gasteiger partial charge on any atom is -0.480 e. The highest BCUT2D eigenvalue weighted by molar-refractivity contribution is 7.99. The van der Waals surface area contributed by atoms with Crippen molar-refractivity contribution in [1.29, 1.82) is 0 Å². The molecule has 0 unspecified atom stereocenters. The van der Waals surface area contributed by atoms with Gasteiger partial charge in [-0.05, 0) is 73.1 Å². The fourth-order valence-corrected chi connectivity index (χ4v) is 7.72. The van der Waals surface area contributed by atoms with Gasteiger partial charge in [0, 0.05) is 6.54 Å². The first-order valence-corrected chi connectivity index (χ1v) is 12.4. The molecule has 4 aliphatic carbocycles. The van der Waals surface area contributed by atoms with E-state index in [2.05, 4.69) is 15.5 Å². The Morgan fingerprint density at radius 3 is 2.50 bits per heavy atom. The highest BCUT2D eigenvalue weighted by Gasteiger charge is 2.50. The van der Waals surface area contributed by atoms with Crippen LogP contribution in [0.2, 0.25) is 0 Å². The SMILES string of the molecule is O=C(O)Cn1c(SCC(=O)NCC23CC4CC(CC(C4)C2)C3)nnc1-c1cccs1. The van der Waals surface area contributed by atoms with Crippen LogP contribution in [0.1, 0.15) is 38.5 Å². The summed E-state index contributed by atoms with van der Waals surface area (Å²) in [6, 6.07) is 3.78. The van der Waals surface area contributed by atoms with E-state index in [1.54, 1.807) is 4.57 Å². The normalized spacial score (nSPS) is 29.3. The van der Waals surface area contributed by atoms with Gasteiger partial charge in [-0.25, -0.2) is 0 Å². The van der Waals surface area contributed by atoms with Gasteiger partial charge in [-0.2, -0.15) is 0 Å². The summed E-state index contributed by atoms with van der Waals surface area (Å²) in [7, 11) is 0. The zero-order valence-electron chi connectivity index (χ0n) is 16.7. The summed E-state index contributed by atoms with van der Waals surface area (Å²) >= 11 is 2.74. The molecule has 4 aliphatic rings. The molecule has 6 rings (SSSR count). The molecule has 2 aromatic rings. The number of nitrogens with zero attached hydrogens (tertiary/aromatic N) is 3. The van der Waals surface area contributed by atoms with Crippen LogP contribution in [0.3, 0.4) is 0 Å². The standard InChI is InChI=1S/C21H26N4O3S2/c26-17(22-12-21-7-13-4-14(8-21)6-15(5-13)9-21)11-30-20-24-23-19(16-2-1-3-29-16)25(20)10-18(27)28/h1-3,13-15H,4-12H2,(H,22,26)(H,27,28). The number of aromatic nitrogens is 3. The molecule has 1 amide bonds. The van der Waals surface area contributed by atoms with E-state index in [0.717, 1.165) is 29.2 Å². The maximum atomic E-state index is 12.6. The highest BCUT2D eigenvalue weighted by atomic mass is 32.2. The molecule has 7 nitrogen and oxygen atoms in total. The van der Waals surface area contributed by atoms with Gasteiger partial charge >= 0.3 is 5.97 Å². The zero-order chi connectivity index (χ0) is 20.7. The number of amides is 1. The molecule has 0 spiro atoms. The predicted molar refractivity (Wildman–Crippen MR) is 115 cm³/mol. The van der Waals surface area contributed by atoms with Gasteiger partial charge in [-0.3, -0.25) is 14.2 Å². The van der Waals surface area contributed by atoms with Crippen molar-refractivity contribution in [2.75, 3.05) is 12.3 Å². The molecule has 0 radical (unpaired) electrons. The number of hydrogen-bond donors (Lipinski definition) is 2. The summed E-state index contributed by atoms with van der Waals surface area (Å²) in [6.45, 7) is 0.551. The van der Waals surface area contributed by atoms with Crippen LogP contribution in [-0.2, 0) is 16.1 Å². The quantitative estimate of drug-likeness (QED) is 0.602. The Bertz CT molecular complexity index is 905. The van der Waals surface area contributed by atoms with Gasteiger partial charge in [-0.1, -0.05) is 17.8 Å². The number of carbonyl (C=O) groups is 2. The molecule has 4 bridgehead atoms. The molecule has 0 atom stereocenters. The van der Waals surface area contributed by atoms with Gasteiger partial charge in [0.2, 0.25) is 5.91 Å². The van der Waals surface area contributed by atoms with E-state index in [-0.39, 0.29) is 18.2 Å². The van der Waals surface area contributed by atoms with E-state index in [4.69, 9.17) is 0 Å². The highest BCUT2D eigenvalue weighted by Crippen LogP contribution is 2.59. The zero-order valence-corrected chi connectivity index (χ0v) is 18.4. The fraction of sp³-hybridized carbons (Fsp3) is 0.619. The van der Waals surface area contributed by atoms with Crippen LogP contribution in [-0.4, -0.2) is 44.0 Å². The lowest BCUT2D eigenvalue weighted by atomic mass is 9.49. The summed E-state index contributed by atoms with van der Waals surface area (Å²) in [4.78, 5) is 24.8. The molecule has 9 heteroatoms. The van der Waals surface area contributed by atoms with E-state index in [1.807, 2.05) is 17.5 Å². The summed E-state index contributed by atoms with van der Waals surface area (Å²) in [5.74, 6) is 2.38. The third kappa shape index (κ3) is 4.01. The summed E-state index contributed by atoms with van der Waals surface area (Å²) in [5.41, 5.74) is 0.310. The van der Waals surface area contributed by atoms with Crippen molar-refractivity contribution in [3.63, 3.8) is 0 Å². The van der Waals surface area contributed by atoms with E-state index >= 15 is 0 Å². The van der Waals surface area contributed by atoms with E-state index in [0.29, 0.717) is 16.4 Å². The van der Waals surface area contributed by atoms with Crippen molar-refractivity contribution < 1.29 is 14.7 Å². The van der Waals surface area contributed by atoms with Crippen LogP contribution in [0.4, 0.5) is 0 Å². The number of carboxylic acid groups (broad SMARTS) is 1. The summed E-state index contributed by atoms with van der Waals surface area (Å²) in [5, 5.41) is 23.2. The lowest BCUT2D eigenvalue weighted by molar-refractivity contribution is -0.137. The van der Waals surface area contributed by atoms with Crippen LogP contribution in [0.15, 0.2) is 22.7 Å². The smallest absolute Gasteiger partial charge is 0.323 e. The van der Waals surface area contributed by atoms with Crippen molar-refractivity contribution >= 4 is 35.0 Å². The van der Waals surface area contributed by atoms with Crippen LogP contribution in [0, 0.1) is 23.2 Å². The van der Waals surface area contributed by atoms with Crippen LogP contribution in [0.5, 0.6) is 0 Å². The van der Waals surface area contributed by atoms with Gasteiger partial charge in [-0.15, -0.1) is 21.5 Å². The number of carbonyl (C=O) groups excluding carboxylic acids is 1. The van der Waals surface area contributed by atoms with Crippen molar-refractivity contribution in [2.24, 2.45) is 23.2 Å². The first-order valence-electron chi connectivity index (χ1n) is 10.6. The average molecular weight is 447 g/mol. The first-order chi connectivity index (χ1) is 14.5. The number of thiophene rings is 1. The van der Waals surface area contributed by atoms with E-state index < -0.39 is 5.97 Å². The second kappa shape index (κ2) is 8.00. The van der Waals surface area contributed by atoms with Crippen molar-refractivity contribution in [2.45, 2.75) is 50.2 Å². The number of aliphatic carboxylic acids is 1. The molecule has 2 aromatic heterocycles. The molecule has 0 aliphatic heterocycles. The van der Waals surface area contributed by atoms with Gasteiger partial charge in [0.1, 0.15) is 6.54 Å². The molecule has 4 saturated carbocycles. The Morgan fingerprint density at radius 1 is 1.20 bits per heavy atom. The number of rotatable bonds is 8. The Labute approximate surface area is 183 Å². The molecular weight excluding hydrogens is 420 g/mol. The Balaban J connectivity index is 1.20. The van der Waals surface area contributed by atoms with Crippen LogP contribution in [0.25, 0.3) is 10.7 Å². The number of nitrogens with one attached hydrogen (secondary N) is 1. The average Bonchev–Trinajstić information content (AvgIpc) is 3.33. The number of hydrogen-bond acceptors (Lipinski definition) is 6. The number of carboxylic acids is 1. The van der Waals surface area contributed by atoms with Crippen LogP contribution >= 0.6 is 23.1 Å². The molecule has 0 aromatic carbocycles. The lowest BCUT2D eigenvalue weighted by Gasteiger charge is -2.56. The molecule has 2 heterocycles. The molecule has 0 saturated heterocycles. The minimum atomic E-state index is -0.958. The Kier molecular flexibility index (Phi) is 5.35. The van der Waals surface area contributed by atoms with E-state index in [1.165, 1.54) is 61.6 Å². The largest absolute Gasteiger partial charge is 0.480 e. The summed E-state index contributed by atoms with van der Waals surface area (Å²) < 4.78 is 1.57. The Hall–Kier alpha value is -1.87. The second-order valence-electron chi connectivity index (χ2n) is 9.25. The maximum Gasteiger partial charge on any atom is 0.323 e. The summed E-state index contributed by atoms with van der Waals surface area (Å²) in [6.07, 6.45) is 8.00. The topological polar surface area (TPSA) is 97.1 Å². The molecule has 160 valence electrons. The van der Waals surface area contributed by atoms with Gasteiger partial charge < -0.3 is 10.4 Å². The van der Waals surface area contributed by atoms with Gasteiger partial charge in [0.25, 0.3) is 0 Å². The molecule has 4 fully saturated rings. The van der Waals surface area contributed by atoms with Crippen molar-refractivity contribution in [3.05, 3.63) is 17.5 Å². The van der Waals surface area contributed by atoms with Gasteiger partial charge in [0.15, 0.2) is 11.0 Å². The van der Waals surface area contributed by atoms with Crippen molar-refractivity contribution in [1.82, 2.24) is 20.1 Å². The lowest BCUT2D eigenvalue weighted by Crippen LogP contribution is -2.51. The third-order valence-corrected chi connectivity index (χ3v) is 8.74. The van der Waals surface area contributed by atoms with E-state index in [9.17, 15) is 14.7 Å². The number of thioether (sulfide) groups is 1. The monoisotopic (exact) mass is 446 g/mol. The Morgan fingerprint density at radius 2 is 1.90 bits per heavy atom. The fourth-order valence-electron chi connectivity index (χ4n) is 6.24. The molecule has 30 heavy (non-hydrogen) atoms. The minimum absolute atomic E-state index is 0.0155.